The van der Waals surface area contributed by atoms with Crippen molar-refractivity contribution < 1.29 is 14.2 Å². The molecule has 6 nitrogen and oxygen atoms in total. The summed E-state index contributed by atoms with van der Waals surface area (Å²) in [5.41, 5.74) is 0.972. The van der Waals surface area contributed by atoms with Gasteiger partial charge in [0, 0.05) is 20.2 Å². The van der Waals surface area contributed by atoms with Gasteiger partial charge in [0.2, 0.25) is 0 Å². The zero-order valence-corrected chi connectivity index (χ0v) is 9.96. The van der Waals surface area contributed by atoms with Crippen LogP contribution in [0, 0.1) is 0 Å². The van der Waals surface area contributed by atoms with Crippen LogP contribution < -0.4 is 9.64 Å². The Hall–Kier alpha value is -1.40. The lowest BCUT2D eigenvalue weighted by Gasteiger charge is -2.29. The molecule has 0 bridgehead atoms. The second kappa shape index (κ2) is 6.36. The number of aromatic nitrogens is 2. The molecule has 1 aliphatic heterocycles. The van der Waals surface area contributed by atoms with Crippen molar-refractivity contribution in [1.82, 2.24) is 10.2 Å². The largest absolute Gasteiger partial charge is 0.473 e. The summed E-state index contributed by atoms with van der Waals surface area (Å²) in [6, 6.07) is 1.92. The van der Waals surface area contributed by atoms with Gasteiger partial charge < -0.3 is 19.1 Å². The van der Waals surface area contributed by atoms with E-state index in [0.717, 1.165) is 32.0 Å². The minimum atomic E-state index is 0.479. The highest BCUT2D eigenvalue weighted by Gasteiger charge is 2.16. The smallest absolute Gasteiger partial charge is 0.257 e. The standard InChI is InChI=1S/C11H17N3O3/c1-15-8-9-17-11-10(2-3-12-13-11)14-4-6-16-7-5-14/h2-3H,4-9H2,1H3. The van der Waals surface area contributed by atoms with Gasteiger partial charge in [0.1, 0.15) is 12.3 Å². The molecule has 0 amide bonds. The van der Waals surface area contributed by atoms with Gasteiger partial charge in [-0.05, 0) is 6.07 Å². The monoisotopic (exact) mass is 239 g/mol. The maximum absolute atomic E-state index is 5.55. The second-order valence-corrected chi connectivity index (χ2v) is 3.66. The lowest BCUT2D eigenvalue weighted by atomic mass is 10.3. The third-order valence-corrected chi connectivity index (χ3v) is 2.54. The molecule has 0 unspecified atom stereocenters. The molecular weight excluding hydrogens is 222 g/mol. The van der Waals surface area contributed by atoms with Crippen molar-refractivity contribution in [2.45, 2.75) is 0 Å². The van der Waals surface area contributed by atoms with Crippen LogP contribution in [-0.2, 0) is 9.47 Å². The van der Waals surface area contributed by atoms with Crippen LogP contribution >= 0.6 is 0 Å². The highest BCUT2D eigenvalue weighted by molar-refractivity contribution is 5.54. The third kappa shape index (κ3) is 3.28. The Morgan fingerprint density at radius 2 is 2.18 bits per heavy atom. The lowest BCUT2D eigenvalue weighted by Crippen LogP contribution is -2.36. The van der Waals surface area contributed by atoms with Gasteiger partial charge in [-0.2, -0.15) is 5.10 Å². The Bertz CT molecular complexity index is 342. The fraction of sp³-hybridized carbons (Fsp3) is 0.636. The van der Waals surface area contributed by atoms with Gasteiger partial charge in [0.15, 0.2) is 0 Å². The highest BCUT2D eigenvalue weighted by atomic mass is 16.5. The number of methoxy groups -OCH3 is 1. The maximum atomic E-state index is 5.55. The first-order chi connectivity index (χ1) is 8.42. The molecule has 0 spiro atoms. The SMILES string of the molecule is COCCOc1nnccc1N1CCOCC1. The fourth-order valence-corrected chi connectivity index (χ4v) is 1.68. The summed E-state index contributed by atoms with van der Waals surface area (Å²) >= 11 is 0. The zero-order valence-electron chi connectivity index (χ0n) is 9.96. The topological polar surface area (TPSA) is 56.7 Å². The fourth-order valence-electron chi connectivity index (χ4n) is 1.68. The van der Waals surface area contributed by atoms with Crippen molar-refractivity contribution in [2.75, 3.05) is 51.5 Å². The molecule has 94 valence electrons. The predicted octanol–water partition coefficient (Wildman–Crippen LogP) is 0.338. The van der Waals surface area contributed by atoms with E-state index in [0.29, 0.717) is 19.1 Å². The van der Waals surface area contributed by atoms with Crippen LogP contribution in [0.1, 0.15) is 0 Å². The summed E-state index contributed by atoms with van der Waals surface area (Å²) in [6.07, 6.45) is 1.67. The van der Waals surface area contributed by atoms with Gasteiger partial charge in [0.05, 0.1) is 26.0 Å². The van der Waals surface area contributed by atoms with Crippen molar-refractivity contribution in [3.63, 3.8) is 0 Å². The minimum Gasteiger partial charge on any atom is -0.473 e. The molecule has 2 rings (SSSR count). The Morgan fingerprint density at radius 1 is 1.35 bits per heavy atom. The molecule has 0 atom stereocenters. The van der Waals surface area contributed by atoms with Crippen LogP contribution in [0.25, 0.3) is 0 Å². The number of hydrogen-bond donors (Lipinski definition) is 0. The average molecular weight is 239 g/mol. The van der Waals surface area contributed by atoms with E-state index < -0.39 is 0 Å². The average Bonchev–Trinajstić information content (AvgIpc) is 2.41. The van der Waals surface area contributed by atoms with Gasteiger partial charge in [-0.25, -0.2) is 0 Å². The Morgan fingerprint density at radius 3 is 2.94 bits per heavy atom. The molecule has 6 heteroatoms. The van der Waals surface area contributed by atoms with Crippen LogP contribution in [0.2, 0.25) is 0 Å². The van der Waals surface area contributed by atoms with Crippen LogP contribution in [0.3, 0.4) is 0 Å². The van der Waals surface area contributed by atoms with E-state index in [1.807, 2.05) is 6.07 Å². The molecule has 2 heterocycles. The Balaban J connectivity index is 2.03. The molecular formula is C11H17N3O3. The summed E-state index contributed by atoms with van der Waals surface area (Å²) in [6.45, 7) is 4.20. The van der Waals surface area contributed by atoms with Crippen LogP contribution in [-0.4, -0.2) is 56.8 Å². The molecule has 0 N–H and O–H groups in total. The Kier molecular flexibility index (Phi) is 4.52. The summed E-state index contributed by atoms with van der Waals surface area (Å²) in [4.78, 5) is 2.19. The van der Waals surface area contributed by atoms with Crippen LogP contribution in [0.15, 0.2) is 12.3 Å². The summed E-state index contributed by atoms with van der Waals surface area (Å²) < 4.78 is 15.8. The molecule has 17 heavy (non-hydrogen) atoms. The Labute approximate surface area is 100 Å². The van der Waals surface area contributed by atoms with Gasteiger partial charge in [-0.3, -0.25) is 0 Å². The summed E-state index contributed by atoms with van der Waals surface area (Å²) in [5.74, 6) is 0.562. The number of morpholine rings is 1. The molecule has 0 radical (unpaired) electrons. The first kappa shape index (κ1) is 12.1. The number of ether oxygens (including phenoxy) is 3. The van der Waals surface area contributed by atoms with Gasteiger partial charge >= 0.3 is 0 Å². The zero-order chi connectivity index (χ0) is 11.9. The van der Waals surface area contributed by atoms with E-state index in [1.54, 1.807) is 13.3 Å². The van der Waals surface area contributed by atoms with E-state index in [9.17, 15) is 0 Å². The molecule has 1 aliphatic rings. The molecule has 1 saturated heterocycles. The van der Waals surface area contributed by atoms with Crippen molar-refractivity contribution in [2.24, 2.45) is 0 Å². The van der Waals surface area contributed by atoms with Gasteiger partial charge in [-0.15, -0.1) is 5.10 Å². The van der Waals surface area contributed by atoms with Crippen molar-refractivity contribution in [1.29, 1.82) is 0 Å². The van der Waals surface area contributed by atoms with Crippen molar-refractivity contribution in [3.8, 4) is 5.88 Å². The lowest BCUT2D eigenvalue weighted by molar-refractivity contribution is 0.121. The molecule has 0 saturated carbocycles. The maximum Gasteiger partial charge on any atom is 0.257 e. The molecule has 1 fully saturated rings. The van der Waals surface area contributed by atoms with Gasteiger partial charge in [0.25, 0.3) is 5.88 Å². The van der Waals surface area contributed by atoms with Crippen LogP contribution in [0.4, 0.5) is 5.69 Å². The van der Waals surface area contributed by atoms with E-state index in [1.165, 1.54) is 0 Å². The molecule has 0 aromatic carbocycles. The third-order valence-electron chi connectivity index (χ3n) is 2.54. The predicted molar refractivity (Wildman–Crippen MR) is 62.4 cm³/mol. The quantitative estimate of drug-likeness (QED) is 0.691. The van der Waals surface area contributed by atoms with E-state index in [-0.39, 0.29) is 0 Å². The van der Waals surface area contributed by atoms with E-state index in [2.05, 4.69) is 15.1 Å². The molecule has 0 aliphatic carbocycles. The minimum absolute atomic E-state index is 0.479. The number of rotatable bonds is 5. The van der Waals surface area contributed by atoms with Crippen molar-refractivity contribution in [3.05, 3.63) is 12.3 Å². The second-order valence-electron chi connectivity index (χ2n) is 3.66. The van der Waals surface area contributed by atoms with Crippen LogP contribution in [0.5, 0.6) is 5.88 Å². The number of nitrogens with zero attached hydrogens (tertiary/aromatic N) is 3. The first-order valence-electron chi connectivity index (χ1n) is 5.68. The van der Waals surface area contributed by atoms with Crippen molar-refractivity contribution >= 4 is 5.69 Å². The van der Waals surface area contributed by atoms with E-state index in [4.69, 9.17) is 14.2 Å². The van der Waals surface area contributed by atoms with E-state index >= 15 is 0 Å². The number of anilines is 1. The number of hydrogen-bond acceptors (Lipinski definition) is 6. The molecule has 1 aromatic rings. The molecule has 1 aromatic heterocycles. The first-order valence-corrected chi connectivity index (χ1v) is 5.68. The normalized spacial score (nSPS) is 15.9. The highest BCUT2D eigenvalue weighted by Crippen LogP contribution is 2.25. The summed E-state index contributed by atoms with van der Waals surface area (Å²) in [5, 5.41) is 7.86. The van der Waals surface area contributed by atoms with Gasteiger partial charge in [-0.1, -0.05) is 0 Å². The summed E-state index contributed by atoms with van der Waals surface area (Å²) in [7, 11) is 1.64.